The fourth-order valence-corrected chi connectivity index (χ4v) is 2.97. The minimum absolute atomic E-state index is 0.175. The smallest absolute Gasteiger partial charge is 0.231 e. The third-order valence-electron chi connectivity index (χ3n) is 3.48. The van der Waals surface area contributed by atoms with Crippen LogP contribution in [0.25, 0.3) is 11.5 Å². The van der Waals surface area contributed by atoms with Crippen LogP contribution in [0.2, 0.25) is 0 Å². The highest BCUT2D eigenvalue weighted by Crippen LogP contribution is 2.29. The van der Waals surface area contributed by atoms with Crippen LogP contribution in [-0.4, -0.2) is 27.7 Å². The zero-order chi connectivity index (χ0) is 15.4. The minimum Gasteiger partial charge on any atom is -0.339 e. The van der Waals surface area contributed by atoms with Gasteiger partial charge in [0.2, 0.25) is 11.7 Å². The van der Waals surface area contributed by atoms with E-state index in [1.54, 1.807) is 6.20 Å². The molecule has 2 unspecified atom stereocenters. The molecular formula is C15H21BrN4O. The Kier molecular flexibility index (Phi) is 5.47. The van der Waals surface area contributed by atoms with E-state index in [2.05, 4.69) is 64.1 Å². The van der Waals surface area contributed by atoms with Crippen LogP contribution in [0.1, 0.15) is 39.5 Å². The molecule has 0 bridgehead atoms. The topological polar surface area (TPSA) is 63.8 Å². The van der Waals surface area contributed by atoms with Gasteiger partial charge in [-0.2, -0.15) is 4.98 Å². The molecule has 21 heavy (non-hydrogen) atoms. The van der Waals surface area contributed by atoms with E-state index in [1.165, 1.54) is 0 Å². The van der Waals surface area contributed by atoms with Gasteiger partial charge in [0.05, 0.1) is 5.92 Å². The van der Waals surface area contributed by atoms with Crippen molar-refractivity contribution >= 4 is 15.9 Å². The van der Waals surface area contributed by atoms with E-state index in [9.17, 15) is 0 Å². The number of hydrogen-bond donors (Lipinski definition) is 1. The maximum atomic E-state index is 5.50. The lowest BCUT2D eigenvalue weighted by Crippen LogP contribution is -2.34. The maximum absolute atomic E-state index is 5.50. The standard InChI is InChI=1S/C15H21BrN4O/c1-5-17-10(4)12(9(2)3)15-19-14(20-21-15)13-11(16)7-6-8-18-13/h6-10,12,17H,5H2,1-4H3. The highest BCUT2D eigenvalue weighted by Gasteiger charge is 2.28. The number of halogens is 1. The van der Waals surface area contributed by atoms with E-state index in [0.29, 0.717) is 23.3 Å². The summed E-state index contributed by atoms with van der Waals surface area (Å²) in [6.07, 6.45) is 1.72. The highest BCUT2D eigenvalue weighted by atomic mass is 79.9. The number of rotatable bonds is 6. The van der Waals surface area contributed by atoms with Crippen molar-refractivity contribution in [2.45, 2.75) is 39.7 Å². The molecule has 0 aliphatic heterocycles. The molecule has 0 saturated carbocycles. The van der Waals surface area contributed by atoms with Gasteiger partial charge in [-0.3, -0.25) is 4.98 Å². The van der Waals surface area contributed by atoms with Crippen LogP contribution in [0.5, 0.6) is 0 Å². The Hall–Kier alpha value is -1.27. The van der Waals surface area contributed by atoms with E-state index in [-0.39, 0.29) is 12.0 Å². The molecule has 0 aliphatic rings. The molecule has 114 valence electrons. The molecule has 0 radical (unpaired) electrons. The number of aromatic nitrogens is 3. The Morgan fingerprint density at radius 3 is 2.71 bits per heavy atom. The monoisotopic (exact) mass is 352 g/mol. The fourth-order valence-electron chi connectivity index (χ4n) is 2.54. The molecule has 0 amide bonds. The molecule has 5 nitrogen and oxygen atoms in total. The van der Waals surface area contributed by atoms with Crippen molar-refractivity contribution in [1.82, 2.24) is 20.4 Å². The van der Waals surface area contributed by atoms with Gasteiger partial charge in [0.1, 0.15) is 5.69 Å². The Balaban J connectivity index is 2.31. The maximum Gasteiger partial charge on any atom is 0.231 e. The first-order valence-electron chi connectivity index (χ1n) is 7.22. The van der Waals surface area contributed by atoms with Crippen molar-refractivity contribution < 1.29 is 4.52 Å². The number of nitrogens with zero attached hydrogens (tertiary/aromatic N) is 3. The van der Waals surface area contributed by atoms with Gasteiger partial charge in [-0.05, 0) is 47.4 Å². The summed E-state index contributed by atoms with van der Waals surface area (Å²) in [5.41, 5.74) is 0.700. The molecule has 0 spiro atoms. The quantitative estimate of drug-likeness (QED) is 0.859. The average molecular weight is 353 g/mol. The molecule has 2 atom stereocenters. The molecule has 2 rings (SSSR count). The second-order valence-electron chi connectivity index (χ2n) is 5.41. The Labute approximate surface area is 133 Å². The summed E-state index contributed by atoms with van der Waals surface area (Å²) in [5.74, 6) is 1.76. The third-order valence-corrected chi connectivity index (χ3v) is 4.12. The van der Waals surface area contributed by atoms with Crippen LogP contribution < -0.4 is 5.32 Å². The zero-order valence-corrected chi connectivity index (χ0v) is 14.4. The summed E-state index contributed by atoms with van der Waals surface area (Å²) in [7, 11) is 0. The first-order valence-corrected chi connectivity index (χ1v) is 8.01. The van der Waals surface area contributed by atoms with Crippen LogP contribution in [0.15, 0.2) is 27.3 Å². The zero-order valence-electron chi connectivity index (χ0n) is 12.8. The van der Waals surface area contributed by atoms with Gasteiger partial charge in [-0.15, -0.1) is 0 Å². The van der Waals surface area contributed by atoms with Crippen molar-refractivity contribution in [3.63, 3.8) is 0 Å². The van der Waals surface area contributed by atoms with Gasteiger partial charge in [-0.1, -0.05) is 25.9 Å². The molecule has 6 heteroatoms. The van der Waals surface area contributed by atoms with Crippen molar-refractivity contribution in [2.75, 3.05) is 6.54 Å². The van der Waals surface area contributed by atoms with Crippen LogP contribution in [0, 0.1) is 5.92 Å². The molecule has 1 N–H and O–H groups in total. The molecule has 0 aromatic carbocycles. The van der Waals surface area contributed by atoms with E-state index in [1.807, 2.05) is 12.1 Å². The van der Waals surface area contributed by atoms with Gasteiger partial charge in [-0.25, -0.2) is 0 Å². The first-order chi connectivity index (χ1) is 10.0. The molecule has 2 aromatic heterocycles. The second kappa shape index (κ2) is 7.13. The molecular weight excluding hydrogens is 332 g/mol. The Bertz CT molecular complexity index is 585. The summed E-state index contributed by atoms with van der Waals surface area (Å²) in [6.45, 7) is 9.49. The average Bonchev–Trinajstić information content (AvgIpc) is 2.88. The normalized spacial score (nSPS) is 14.4. The van der Waals surface area contributed by atoms with Crippen molar-refractivity contribution in [1.29, 1.82) is 0 Å². The SMILES string of the molecule is CCNC(C)C(c1nc(-c2ncccc2Br)no1)C(C)C. The molecule has 2 aromatic rings. The van der Waals surface area contributed by atoms with Crippen molar-refractivity contribution in [3.8, 4) is 11.5 Å². The van der Waals surface area contributed by atoms with Gasteiger partial charge in [0.15, 0.2) is 0 Å². The predicted octanol–water partition coefficient (Wildman–Crippen LogP) is 3.63. The number of hydrogen-bond acceptors (Lipinski definition) is 5. The van der Waals surface area contributed by atoms with Gasteiger partial charge < -0.3 is 9.84 Å². The molecule has 0 fully saturated rings. The number of pyridine rings is 1. The van der Waals surface area contributed by atoms with Crippen LogP contribution in [-0.2, 0) is 0 Å². The summed E-state index contributed by atoms with van der Waals surface area (Å²) in [5, 5.41) is 7.52. The minimum atomic E-state index is 0.175. The van der Waals surface area contributed by atoms with Crippen molar-refractivity contribution in [2.24, 2.45) is 5.92 Å². The summed E-state index contributed by atoms with van der Waals surface area (Å²) >= 11 is 3.47. The van der Waals surface area contributed by atoms with Gasteiger partial charge in [0.25, 0.3) is 0 Å². The predicted molar refractivity (Wildman–Crippen MR) is 85.9 cm³/mol. The van der Waals surface area contributed by atoms with E-state index >= 15 is 0 Å². The summed E-state index contributed by atoms with van der Waals surface area (Å²) in [4.78, 5) is 8.86. The van der Waals surface area contributed by atoms with Crippen LogP contribution in [0.4, 0.5) is 0 Å². The molecule has 0 saturated heterocycles. The second-order valence-corrected chi connectivity index (χ2v) is 6.26. The third kappa shape index (κ3) is 3.68. The first kappa shape index (κ1) is 16.1. The Morgan fingerprint density at radius 1 is 1.33 bits per heavy atom. The molecule has 2 heterocycles. The van der Waals surface area contributed by atoms with Crippen LogP contribution >= 0.6 is 15.9 Å². The molecule has 0 aliphatic carbocycles. The fraction of sp³-hybridized carbons (Fsp3) is 0.533. The lowest BCUT2D eigenvalue weighted by Gasteiger charge is -2.24. The highest BCUT2D eigenvalue weighted by molar-refractivity contribution is 9.10. The lowest BCUT2D eigenvalue weighted by molar-refractivity contribution is 0.281. The van der Waals surface area contributed by atoms with E-state index in [0.717, 1.165) is 11.0 Å². The lowest BCUT2D eigenvalue weighted by atomic mass is 9.89. The number of likely N-dealkylation sites (N-methyl/N-ethyl adjacent to an activating group) is 1. The van der Waals surface area contributed by atoms with Crippen molar-refractivity contribution in [3.05, 3.63) is 28.7 Å². The summed E-state index contributed by atoms with van der Waals surface area (Å²) in [6, 6.07) is 4.05. The van der Waals surface area contributed by atoms with Gasteiger partial charge >= 0.3 is 0 Å². The van der Waals surface area contributed by atoms with E-state index in [4.69, 9.17) is 4.52 Å². The van der Waals surface area contributed by atoms with E-state index < -0.39 is 0 Å². The van der Waals surface area contributed by atoms with Crippen LogP contribution in [0.3, 0.4) is 0 Å². The van der Waals surface area contributed by atoms with Gasteiger partial charge in [0, 0.05) is 16.7 Å². The number of nitrogens with one attached hydrogen (secondary N) is 1. The summed E-state index contributed by atoms with van der Waals surface area (Å²) < 4.78 is 6.36. The largest absolute Gasteiger partial charge is 0.339 e. The Morgan fingerprint density at radius 2 is 2.10 bits per heavy atom.